The fraction of sp³-hybridized carbons (Fsp3) is 0.105. The summed E-state index contributed by atoms with van der Waals surface area (Å²) in [5.74, 6) is 0.390. The molecule has 0 fully saturated rings. The van der Waals surface area contributed by atoms with Crippen molar-refractivity contribution in [2.24, 2.45) is 0 Å². The summed E-state index contributed by atoms with van der Waals surface area (Å²) in [6, 6.07) is 11.8. The Hall–Kier alpha value is -3.81. The Labute approximate surface area is 152 Å². The summed E-state index contributed by atoms with van der Waals surface area (Å²) in [6.07, 6.45) is 1.42. The number of aromatic nitrogens is 3. The van der Waals surface area contributed by atoms with Crippen LogP contribution in [0.1, 0.15) is 10.4 Å². The second-order valence-corrected chi connectivity index (χ2v) is 5.73. The number of carbonyl (C=O) groups excluding carboxylic acids is 1. The number of hydrogen-bond acceptors (Lipinski definition) is 6. The van der Waals surface area contributed by atoms with E-state index in [1.165, 1.54) is 20.4 Å². The number of aromatic amines is 1. The van der Waals surface area contributed by atoms with Crippen LogP contribution in [0.2, 0.25) is 0 Å². The topological polar surface area (TPSA) is 95.4 Å². The number of methoxy groups -OCH3 is 2. The number of pyridine rings is 1. The summed E-state index contributed by atoms with van der Waals surface area (Å²) in [5, 5.41) is 3.70. The first kappa shape index (κ1) is 16.6. The molecule has 0 radical (unpaired) electrons. The highest BCUT2D eigenvalue weighted by atomic mass is 16.7. The van der Waals surface area contributed by atoms with Crippen LogP contribution in [0.4, 0.5) is 0 Å². The van der Waals surface area contributed by atoms with Crippen LogP contribution < -0.4 is 19.9 Å². The zero-order valence-corrected chi connectivity index (χ0v) is 14.6. The molecule has 2 aromatic heterocycles. The van der Waals surface area contributed by atoms with Crippen molar-refractivity contribution in [3.05, 3.63) is 64.6 Å². The smallest absolute Gasteiger partial charge is 0.365 e. The third kappa shape index (κ3) is 2.77. The standard InChI is InChI=1S/C19H15N3O5/c1-25-12-8-13-16-14(10-20-17(13)15(9-12)26-2)18(23)22(21-16)27-19(24)11-6-4-3-5-7-11/h3-10,21H,1-2H3. The van der Waals surface area contributed by atoms with Gasteiger partial charge in [-0.15, -0.1) is 0 Å². The molecule has 136 valence electrons. The Morgan fingerprint density at radius 1 is 1.07 bits per heavy atom. The Bertz CT molecular complexity index is 1210. The van der Waals surface area contributed by atoms with Gasteiger partial charge in [0.2, 0.25) is 0 Å². The lowest BCUT2D eigenvalue weighted by atomic mass is 10.1. The van der Waals surface area contributed by atoms with E-state index in [1.807, 2.05) is 0 Å². The number of benzene rings is 2. The van der Waals surface area contributed by atoms with Crippen LogP contribution >= 0.6 is 0 Å². The molecular formula is C19H15N3O5. The first-order valence-corrected chi connectivity index (χ1v) is 8.05. The fourth-order valence-electron chi connectivity index (χ4n) is 2.84. The zero-order chi connectivity index (χ0) is 19.0. The Morgan fingerprint density at radius 3 is 2.56 bits per heavy atom. The average Bonchev–Trinajstić information content (AvgIpc) is 3.03. The first-order valence-electron chi connectivity index (χ1n) is 8.05. The molecule has 0 saturated carbocycles. The lowest BCUT2D eigenvalue weighted by Gasteiger charge is -2.08. The predicted octanol–water partition coefficient (Wildman–Crippen LogP) is 2.16. The summed E-state index contributed by atoms with van der Waals surface area (Å²) in [7, 11) is 3.05. The van der Waals surface area contributed by atoms with Crippen molar-refractivity contribution in [2.45, 2.75) is 0 Å². The molecular weight excluding hydrogens is 350 g/mol. The van der Waals surface area contributed by atoms with Crippen LogP contribution in [0.25, 0.3) is 21.8 Å². The van der Waals surface area contributed by atoms with E-state index in [2.05, 4.69) is 10.1 Å². The molecule has 0 aliphatic carbocycles. The fourth-order valence-corrected chi connectivity index (χ4v) is 2.84. The number of nitrogens with zero attached hydrogens (tertiary/aromatic N) is 2. The van der Waals surface area contributed by atoms with Crippen molar-refractivity contribution in [3.8, 4) is 11.5 Å². The number of ether oxygens (including phenoxy) is 2. The molecule has 0 aliphatic heterocycles. The van der Waals surface area contributed by atoms with Crippen LogP contribution in [-0.2, 0) is 0 Å². The SMILES string of the molecule is COc1cc(OC)c2ncc3c(=O)n(OC(=O)c4ccccc4)[nH]c3c2c1. The minimum absolute atomic E-state index is 0.277. The lowest BCUT2D eigenvalue weighted by molar-refractivity contribution is 0.0380. The Morgan fingerprint density at radius 2 is 1.85 bits per heavy atom. The van der Waals surface area contributed by atoms with E-state index in [-0.39, 0.29) is 5.39 Å². The van der Waals surface area contributed by atoms with E-state index in [9.17, 15) is 9.59 Å². The largest absolute Gasteiger partial charge is 0.497 e. The molecule has 0 amide bonds. The average molecular weight is 365 g/mol. The number of H-pyrrole nitrogens is 1. The van der Waals surface area contributed by atoms with Crippen LogP contribution in [0.3, 0.4) is 0 Å². The van der Waals surface area contributed by atoms with E-state index in [0.717, 1.165) is 4.85 Å². The number of rotatable bonds is 4. The van der Waals surface area contributed by atoms with E-state index in [4.69, 9.17) is 14.3 Å². The van der Waals surface area contributed by atoms with Crippen molar-refractivity contribution >= 4 is 27.8 Å². The van der Waals surface area contributed by atoms with Gasteiger partial charge in [-0.1, -0.05) is 23.0 Å². The molecule has 0 unspecified atom stereocenters. The molecule has 27 heavy (non-hydrogen) atoms. The number of carbonyl (C=O) groups is 1. The molecule has 0 aliphatic rings. The van der Waals surface area contributed by atoms with Crippen LogP contribution in [0.5, 0.6) is 11.5 Å². The van der Waals surface area contributed by atoms with Crippen LogP contribution in [0, 0.1) is 0 Å². The molecule has 0 bridgehead atoms. The van der Waals surface area contributed by atoms with E-state index in [0.29, 0.717) is 33.5 Å². The lowest BCUT2D eigenvalue weighted by Crippen LogP contribution is -2.29. The van der Waals surface area contributed by atoms with Gasteiger partial charge in [0, 0.05) is 17.6 Å². The monoisotopic (exact) mass is 365 g/mol. The maximum absolute atomic E-state index is 12.6. The first-order chi connectivity index (χ1) is 13.1. The van der Waals surface area contributed by atoms with Gasteiger partial charge in [-0.2, -0.15) is 0 Å². The predicted molar refractivity (Wildman–Crippen MR) is 98.3 cm³/mol. The van der Waals surface area contributed by atoms with Gasteiger partial charge >= 0.3 is 11.5 Å². The summed E-state index contributed by atoms with van der Waals surface area (Å²) >= 11 is 0. The maximum atomic E-state index is 12.6. The normalized spacial score (nSPS) is 10.9. The summed E-state index contributed by atoms with van der Waals surface area (Å²) < 4.78 is 10.6. The molecule has 4 aromatic rings. The second kappa shape index (κ2) is 6.49. The van der Waals surface area contributed by atoms with Crippen LogP contribution in [0.15, 0.2) is 53.5 Å². The highest BCUT2D eigenvalue weighted by Crippen LogP contribution is 2.32. The van der Waals surface area contributed by atoms with Crippen molar-refractivity contribution < 1.29 is 19.1 Å². The molecule has 0 atom stereocenters. The molecule has 1 N–H and O–H groups in total. The Kier molecular flexibility index (Phi) is 4.00. The molecule has 4 rings (SSSR count). The summed E-state index contributed by atoms with van der Waals surface area (Å²) in [5.41, 5.74) is 0.816. The second-order valence-electron chi connectivity index (χ2n) is 5.73. The number of hydrogen-bond donors (Lipinski definition) is 1. The third-order valence-corrected chi connectivity index (χ3v) is 4.18. The summed E-state index contributed by atoms with van der Waals surface area (Å²) in [4.78, 5) is 35.2. The van der Waals surface area contributed by atoms with Gasteiger partial charge in [-0.05, 0) is 18.2 Å². The van der Waals surface area contributed by atoms with Gasteiger partial charge in [0.05, 0.1) is 30.7 Å². The molecule has 0 spiro atoms. The van der Waals surface area contributed by atoms with Gasteiger partial charge < -0.3 is 14.3 Å². The Balaban J connectivity index is 1.87. The van der Waals surface area contributed by atoms with E-state index < -0.39 is 11.5 Å². The number of fused-ring (bicyclic) bond motifs is 3. The number of nitrogens with one attached hydrogen (secondary N) is 1. The minimum atomic E-state index is -0.656. The van der Waals surface area contributed by atoms with Gasteiger partial charge in [-0.25, -0.2) is 4.79 Å². The highest BCUT2D eigenvalue weighted by molar-refractivity contribution is 6.05. The molecule has 8 heteroatoms. The highest BCUT2D eigenvalue weighted by Gasteiger charge is 2.17. The van der Waals surface area contributed by atoms with E-state index >= 15 is 0 Å². The quantitative estimate of drug-likeness (QED) is 0.595. The van der Waals surface area contributed by atoms with Crippen molar-refractivity contribution in [1.29, 1.82) is 0 Å². The van der Waals surface area contributed by atoms with Crippen molar-refractivity contribution in [2.75, 3.05) is 14.2 Å². The molecule has 2 heterocycles. The minimum Gasteiger partial charge on any atom is -0.497 e. The third-order valence-electron chi connectivity index (χ3n) is 4.18. The molecule has 8 nitrogen and oxygen atoms in total. The van der Waals surface area contributed by atoms with E-state index in [1.54, 1.807) is 42.5 Å². The van der Waals surface area contributed by atoms with Gasteiger partial charge in [-0.3, -0.25) is 14.9 Å². The van der Waals surface area contributed by atoms with Gasteiger partial charge in [0.25, 0.3) is 0 Å². The molecule has 0 saturated heterocycles. The van der Waals surface area contributed by atoms with Gasteiger partial charge in [0.15, 0.2) is 0 Å². The van der Waals surface area contributed by atoms with Crippen LogP contribution in [-0.4, -0.2) is 35.1 Å². The zero-order valence-electron chi connectivity index (χ0n) is 14.6. The van der Waals surface area contributed by atoms with Crippen molar-refractivity contribution in [3.63, 3.8) is 0 Å². The van der Waals surface area contributed by atoms with Gasteiger partial charge in [0.1, 0.15) is 17.0 Å². The van der Waals surface area contributed by atoms with Crippen molar-refractivity contribution in [1.82, 2.24) is 14.9 Å². The maximum Gasteiger partial charge on any atom is 0.365 e. The molecule has 2 aromatic carbocycles. The summed E-state index contributed by atoms with van der Waals surface area (Å²) in [6.45, 7) is 0.